The lowest BCUT2D eigenvalue weighted by molar-refractivity contribution is 0.0970. The van der Waals surface area contributed by atoms with E-state index >= 15 is 0 Å². The number of carbonyl (C=O) groups is 1. The molecule has 7 heteroatoms. The van der Waals surface area contributed by atoms with Crippen LogP contribution in [0.15, 0.2) is 57.1 Å². The number of nitrogens with zero attached hydrogens (tertiary/aromatic N) is 2. The van der Waals surface area contributed by atoms with E-state index in [2.05, 4.69) is 15.2 Å². The number of amides is 1. The van der Waals surface area contributed by atoms with Crippen molar-refractivity contribution in [3.05, 3.63) is 59.6 Å². The Kier molecular flexibility index (Phi) is 3.35. The van der Waals surface area contributed by atoms with Gasteiger partial charge in [-0.3, -0.25) is 4.79 Å². The monoisotopic (exact) mass is 337 g/mol. The van der Waals surface area contributed by atoms with E-state index < -0.39 is 11.7 Å². The molecule has 0 spiro atoms. The summed E-state index contributed by atoms with van der Waals surface area (Å²) in [6, 6.07) is 11.2. The SMILES string of the molecule is Cc1c(C(=O)N=Nc2c(O)[nH]c3ccc(F)cc23)oc2ccccc12. The maximum absolute atomic E-state index is 13.4. The van der Waals surface area contributed by atoms with Gasteiger partial charge in [-0.15, -0.1) is 10.2 Å². The Labute approximate surface area is 140 Å². The predicted molar refractivity (Wildman–Crippen MR) is 89.7 cm³/mol. The molecule has 4 rings (SSSR count). The number of halogens is 1. The Bertz CT molecular complexity index is 1160. The van der Waals surface area contributed by atoms with Crippen LogP contribution < -0.4 is 0 Å². The van der Waals surface area contributed by atoms with Crippen LogP contribution in [0.3, 0.4) is 0 Å². The highest BCUT2D eigenvalue weighted by Gasteiger charge is 2.18. The van der Waals surface area contributed by atoms with Gasteiger partial charge in [0.15, 0.2) is 11.4 Å². The molecule has 0 unspecified atom stereocenters. The van der Waals surface area contributed by atoms with Crippen molar-refractivity contribution in [2.24, 2.45) is 10.2 Å². The minimum atomic E-state index is -0.682. The highest BCUT2D eigenvalue weighted by atomic mass is 19.1. The Balaban J connectivity index is 1.74. The van der Waals surface area contributed by atoms with E-state index in [1.165, 1.54) is 18.2 Å². The van der Waals surface area contributed by atoms with Crippen LogP contribution in [-0.2, 0) is 0 Å². The van der Waals surface area contributed by atoms with Gasteiger partial charge in [-0.25, -0.2) is 4.39 Å². The number of aromatic amines is 1. The van der Waals surface area contributed by atoms with Crippen LogP contribution in [0.25, 0.3) is 21.9 Å². The molecule has 0 aliphatic heterocycles. The fourth-order valence-corrected chi connectivity index (χ4v) is 2.76. The summed E-state index contributed by atoms with van der Waals surface area (Å²) in [5.74, 6) is -1.38. The van der Waals surface area contributed by atoms with E-state index in [-0.39, 0.29) is 17.3 Å². The first-order chi connectivity index (χ1) is 12.0. The molecule has 124 valence electrons. The maximum atomic E-state index is 13.4. The normalized spacial score (nSPS) is 11.8. The summed E-state index contributed by atoms with van der Waals surface area (Å²) < 4.78 is 18.9. The van der Waals surface area contributed by atoms with Crippen molar-refractivity contribution in [2.75, 3.05) is 0 Å². The molecule has 2 aromatic heterocycles. The summed E-state index contributed by atoms with van der Waals surface area (Å²) in [6.45, 7) is 1.76. The average molecular weight is 337 g/mol. The van der Waals surface area contributed by atoms with Crippen LogP contribution in [0.1, 0.15) is 16.1 Å². The van der Waals surface area contributed by atoms with E-state index in [0.717, 1.165) is 5.39 Å². The fraction of sp³-hybridized carbons (Fsp3) is 0.0556. The van der Waals surface area contributed by atoms with Crippen molar-refractivity contribution in [3.63, 3.8) is 0 Å². The number of rotatable bonds is 2. The number of aromatic hydroxyl groups is 1. The maximum Gasteiger partial charge on any atom is 0.331 e. The molecule has 6 nitrogen and oxygen atoms in total. The summed E-state index contributed by atoms with van der Waals surface area (Å²) in [5, 5.41) is 18.5. The van der Waals surface area contributed by atoms with Crippen molar-refractivity contribution in [2.45, 2.75) is 6.92 Å². The molecule has 0 saturated heterocycles. The van der Waals surface area contributed by atoms with Gasteiger partial charge in [0.05, 0.1) is 5.52 Å². The Morgan fingerprint density at radius 3 is 2.80 bits per heavy atom. The summed E-state index contributed by atoms with van der Waals surface area (Å²) >= 11 is 0. The molecule has 0 saturated carbocycles. The van der Waals surface area contributed by atoms with E-state index in [0.29, 0.717) is 22.0 Å². The van der Waals surface area contributed by atoms with Gasteiger partial charge < -0.3 is 14.5 Å². The lowest BCUT2D eigenvalue weighted by Gasteiger charge is -1.93. The standard InChI is InChI=1S/C18H12FN3O3/c1-9-11-4-2-3-5-14(11)25-16(9)18(24)22-21-15-12-8-10(19)6-7-13(12)20-17(15)23/h2-8,20,23H,1H3. The van der Waals surface area contributed by atoms with Gasteiger partial charge in [-0.1, -0.05) is 18.2 Å². The molecule has 0 radical (unpaired) electrons. The van der Waals surface area contributed by atoms with Gasteiger partial charge in [0.1, 0.15) is 11.4 Å². The van der Waals surface area contributed by atoms with Crippen LogP contribution >= 0.6 is 0 Å². The Morgan fingerprint density at radius 2 is 2.00 bits per heavy atom. The number of carbonyl (C=O) groups excluding carboxylic acids is 1. The summed E-state index contributed by atoms with van der Waals surface area (Å²) in [4.78, 5) is 15.0. The highest BCUT2D eigenvalue weighted by molar-refractivity contribution is 6.00. The number of hydrogen-bond donors (Lipinski definition) is 2. The molecule has 2 N–H and O–H groups in total. The molecule has 0 fully saturated rings. The number of azo groups is 1. The third-order valence-corrected chi connectivity index (χ3v) is 3.99. The van der Waals surface area contributed by atoms with E-state index in [9.17, 15) is 14.3 Å². The smallest absolute Gasteiger partial charge is 0.331 e. The van der Waals surface area contributed by atoms with Crippen LogP contribution in [0, 0.1) is 12.7 Å². The third kappa shape index (κ3) is 2.46. The second kappa shape index (κ2) is 5.55. The fourth-order valence-electron chi connectivity index (χ4n) is 2.76. The number of furan rings is 1. The molecule has 0 bridgehead atoms. The molecular weight excluding hydrogens is 325 g/mol. The molecular formula is C18H12FN3O3. The second-order valence-corrected chi connectivity index (χ2v) is 5.57. The number of hydrogen-bond acceptors (Lipinski definition) is 4. The first-order valence-corrected chi connectivity index (χ1v) is 7.49. The van der Waals surface area contributed by atoms with Crippen LogP contribution in [0.2, 0.25) is 0 Å². The number of aromatic nitrogens is 1. The average Bonchev–Trinajstić information content (AvgIpc) is 3.10. The predicted octanol–water partition coefficient (Wildman–Crippen LogP) is 4.99. The summed E-state index contributed by atoms with van der Waals surface area (Å²) in [5.41, 5.74) is 1.72. The molecule has 25 heavy (non-hydrogen) atoms. The van der Waals surface area contributed by atoms with Crippen LogP contribution in [0.5, 0.6) is 5.88 Å². The van der Waals surface area contributed by atoms with Gasteiger partial charge in [0, 0.05) is 16.3 Å². The molecule has 4 aromatic rings. The zero-order valence-electron chi connectivity index (χ0n) is 13.1. The molecule has 0 atom stereocenters. The lowest BCUT2D eigenvalue weighted by atomic mass is 10.1. The quantitative estimate of drug-likeness (QED) is 0.505. The number of nitrogens with one attached hydrogen (secondary N) is 1. The van der Waals surface area contributed by atoms with Gasteiger partial charge in [0.2, 0.25) is 5.88 Å². The van der Waals surface area contributed by atoms with Gasteiger partial charge in [-0.2, -0.15) is 0 Å². The number of aryl methyl sites for hydroxylation is 1. The first-order valence-electron chi connectivity index (χ1n) is 7.49. The number of para-hydroxylation sites is 1. The lowest BCUT2D eigenvalue weighted by Crippen LogP contribution is -1.93. The third-order valence-electron chi connectivity index (χ3n) is 3.99. The van der Waals surface area contributed by atoms with E-state index in [4.69, 9.17) is 4.42 Å². The van der Waals surface area contributed by atoms with Crippen LogP contribution in [-0.4, -0.2) is 16.0 Å². The number of H-pyrrole nitrogens is 1. The zero-order chi connectivity index (χ0) is 17.6. The molecule has 2 heterocycles. The topological polar surface area (TPSA) is 91.0 Å². The molecule has 2 aromatic carbocycles. The summed E-state index contributed by atoms with van der Waals surface area (Å²) in [7, 11) is 0. The number of benzene rings is 2. The zero-order valence-corrected chi connectivity index (χ0v) is 13.1. The van der Waals surface area contributed by atoms with Gasteiger partial charge in [0.25, 0.3) is 0 Å². The second-order valence-electron chi connectivity index (χ2n) is 5.57. The van der Waals surface area contributed by atoms with Crippen molar-refractivity contribution in [3.8, 4) is 5.88 Å². The highest BCUT2D eigenvalue weighted by Crippen LogP contribution is 2.36. The minimum absolute atomic E-state index is 0.00314. The van der Waals surface area contributed by atoms with E-state index in [1.807, 2.05) is 12.1 Å². The molecule has 0 aliphatic carbocycles. The van der Waals surface area contributed by atoms with Crippen LogP contribution in [0.4, 0.5) is 10.1 Å². The Morgan fingerprint density at radius 1 is 1.20 bits per heavy atom. The van der Waals surface area contributed by atoms with Gasteiger partial charge >= 0.3 is 5.91 Å². The number of fused-ring (bicyclic) bond motifs is 2. The molecule has 0 aliphatic rings. The first kappa shape index (κ1) is 15.1. The Hall–Kier alpha value is -3.48. The van der Waals surface area contributed by atoms with Crippen molar-refractivity contribution < 1.29 is 18.7 Å². The van der Waals surface area contributed by atoms with Crippen molar-refractivity contribution >= 4 is 33.5 Å². The van der Waals surface area contributed by atoms with E-state index in [1.54, 1.807) is 19.1 Å². The molecule has 1 amide bonds. The summed E-state index contributed by atoms with van der Waals surface area (Å²) in [6.07, 6.45) is 0. The van der Waals surface area contributed by atoms with Crippen molar-refractivity contribution in [1.29, 1.82) is 0 Å². The largest absolute Gasteiger partial charge is 0.493 e. The minimum Gasteiger partial charge on any atom is -0.493 e. The van der Waals surface area contributed by atoms with Crippen molar-refractivity contribution in [1.82, 2.24) is 4.98 Å². The van der Waals surface area contributed by atoms with Gasteiger partial charge in [-0.05, 0) is 31.2 Å².